The van der Waals surface area contributed by atoms with Crippen LogP contribution >= 0.6 is 15.9 Å². The van der Waals surface area contributed by atoms with Crippen molar-refractivity contribution in [3.05, 3.63) is 67.2 Å². The molecule has 160 valence electrons. The third kappa shape index (κ3) is 4.52. The molecule has 2 heterocycles. The van der Waals surface area contributed by atoms with Crippen molar-refractivity contribution >= 4 is 32.7 Å². The molecule has 0 saturated carbocycles. The largest absolute Gasteiger partial charge is 0.348 e. The predicted octanol–water partition coefficient (Wildman–Crippen LogP) is 4.07. The molecule has 2 aromatic heterocycles. The van der Waals surface area contributed by atoms with Gasteiger partial charge in [0, 0.05) is 46.4 Å². The summed E-state index contributed by atoms with van der Waals surface area (Å²) >= 11 is 3.56. The summed E-state index contributed by atoms with van der Waals surface area (Å²) in [6.45, 7) is 9.02. The lowest BCUT2D eigenvalue weighted by Gasteiger charge is -2.20. The van der Waals surface area contributed by atoms with Crippen LogP contribution in [-0.4, -0.2) is 41.0 Å². The Balaban J connectivity index is 1.97. The number of hydrogen-bond donors (Lipinski definition) is 2. The van der Waals surface area contributed by atoms with Crippen LogP contribution in [0.1, 0.15) is 45.7 Å². The lowest BCUT2D eigenvalue weighted by Crippen LogP contribution is -2.28. The van der Waals surface area contributed by atoms with Crippen molar-refractivity contribution in [1.82, 2.24) is 19.8 Å². The molecular formula is C23H29BrN4O2. The van der Waals surface area contributed by atoms with Crippen LogP contribution < -0.4 is 10.9 Å². The SMILES string of the molecule is Cc1cc(C)c(CNC(=O)c2cc(Br)cc3c2c(C)cn3C(C)CN(C)C)c(=O)[nH]1. The maximum atomic E-state index is 13.1. The van der Waals surface area contributed by atoms with E-state index < -0.39 is 0 Å². The number of halogens is 1. The number of likely N-dealkylation sites (N-methyl/N-ethyl adjacent to an activating group) is 1. The Morgan fingerprint density at radius 2 is 1.90 bits per heavy atom. The second-order valence-corrected chi connectivity index (χ2v) is 9.22. The Labute approximate surface area is 185 Å². The first-order valence-electron chi connectivity index (χ1n) is 10.0. The number of amides is 1. The van der Waals surface area contributed by atoms with Crippen molar-refractivity contribution in [1.29, 1.82) is 0 Å². The molecule has 0 spiro atoms. The fourth-order valence-corrected chi connectivity index (χ4v) is 4.52. The summed E-state index contributed by atoms with van der Waals surface area (Å²) in [4.78, 5) is 30.3. The standard InChI is InChI=1S/C23H29BrN4O2/c1-13-7-15(3)26-23(30)19(13)10-25-22(29)18-8-17(24)9-20-21(18)14(2)11-28(20)16(4)12-27(5)6/h7-9,11,16H,10,12H2,1-6H3,(H,25,29)(H,26,30). The molecule has 2 N–H and O–H groups in total. The van der Waals surface area contributed by atoms with Gasteiger partial charge >= 0.3 is 0 Å². The Morgan fingerprint density at radius 3 is 2.53 bits per heavy atom. The number of nitrogens with zero attached hydrogens (tertiary/aromatic N) is 2. The number of aromatic nitrogens is 2. The van der Waals surface area contributed by atoms with Crippen LogP contribution in [0.5, 0.6) is 0 Å². The lowest BCUT2D eigenvalue weighted by molar-refractivity contribution is 0.0952. The minimum atomic E-state index is -0.193. The van der Waals surface area contributed by atoms with Gasteiger partial charge in [0.05, 0.1) is 11.1 Å². The van der Waals surface area contributed by atoms with Crippen LogP contribution in [0.3, 0.4) is 0 Å². The summed E-state index contributed by atoms with van der Waals surface area (Å²) in [7, 11) is 4.11. The smallest absolute Gasteiger partial charge is 0.253 e. The number of nitrogens with one attached hydrogen (secondary N) is 2. The number of benzene rings is 1. The molecule has 0 aliphatic rings. The van der Waals surface area contributed by atoms with E-state index in [9.17, 15) is 9.59 Å². The van der Waals surface area contributed by atoms with Crippen molar-refractivity contribution in [3.63, 3.8) is 0 Å². The highest BCUT2D eigenvalue weighted by molar-refractivity contribution is 9.10. The summed E-state index contributed by atoms with van der Waals surface area (Å²) in [5.74, 6) is -0.193. The summed E-state index contributed by atoms with van der Waals surface area (Å²) in [6, 6.07) is 6.07. The summed E-state index contributed by atoms with van der Waals surface area (Å²) < 4.78 is 3.07. The van der Waals surface area contributed by atoms with Gasteiger partial charge in [0.1, 0.15) is 0 Å². The molecule has 1 atom stereocenters. The minimum absolute atomic E-state index is 0.160. The van der Waals surface area contributed by atoms with Gasteiger partial charge < -0.3 is 19.8 Å². The molecule has 0 saturated heterocycles. The quantitative estimate of drug-likeness (QED) is 0.567. The van der Waals surface area contributed by atoms with E-state index in [0.29, 0.717) is 11.1 Å². The van der Waals surface area contributed by atoms with E-state index in [0.717, 1.165) is 38.7 Å². The van der Waals surface area contributed by atoms with E-state index >= 15 is 0 Å². The van der Waals surface area contributed by atoms with Gasteiger partial charge in [-0.3, -0.25) is 9.59 Å². The van der Waals surface area contributed by atoms with Gasteiger partial charge in [-0.15, -0.1) is 0 Å². The number of fused-ring (bicyclic) bond motifs is 1. The van der Waals surface area contributed by atoms with Crippen LogP contribution in [0.15, 0.2) is 33.7 Å². The zero-order chi connectivity index (χ0) is 22.2. The van der Waals surface area contributed by atoms with Crippen molar-refractivity contribution < 1.29 is 4.79 Å². The molecular weight excluding hydrogens is 444 g/mol. The van der Waals surface area contributed by atoms with E-state index in [-0.39, 0.29) is 24.1 Å². The zero-order valence-electron chi connectivity index (χ0n) is 18.4. The Morgan fingerprint density at radius 1 is 1.20 bits per heavy atom. The Bertz CT molecular complexity index is 1160. The van der Waals surface area contributed by atoms with Crippen molar-refractivity contribution in [3.8, 4) is 0 Å². The number of aromatic amines is 1. The molecule has 1 amide bonds. The van der Waals surface area contributed by atoms with Crippen LogP contribution in [0.4, 0.5) is 0 Å². The van der Waals surface area contributed by atoms with Crippen molar-refractivity contribution in [2.45, 2.75) is 40.3 Å². The molecule has 0 fully saturated rings. The Kier molecular flexibility index (Phi) is 6.53. The topological polar surface area (TPSA) is 70.1 Å². The highest BCUT2D eigenvalue weighted by atomic mass is 79.9. The third-order valence-corrected chi connectivity index (χ3v) is 5.81. The molecule has 0 aliphatic heterocycles. The second-order valence-electron chi connectivity index (χ2n) is 8.30. The number of hydrogen-bond acceptors (Lipinski definition) is 3. The monoisotopic (exact) mass is 472 g/mol. The maximum absolute atomic E-state index is 13.1. The maximum Gasteiger partial charge on any atom is 0.253 e. The van der Waals surface area contributed by atoms with Gasteiger partial charge in [-0.2, -0.15) is 0 Å². The lowest BCUT2D eigenvalue weighted by atomic mass is 10.1. The normalized spacial score (nSPS) is 12.5. The molecule has 30 heavy (non-hydrogen) atoms. The van der Waals surface area contributed by atoms with Crippen LogP contribution in [0.2, 0.25) is 0 Å². The number of aryl methyl sites for hydroxylation is 3. The predicted molar refractivity (Wildman–Crippen MR) is 125 cm³/mol. The van der Waals surface area contributed by atoms with Gasteiger partial charge in [0.25, 0.3) is 11.5 Å². The summed E-state index contributed by atoms with van der Waals surface area (Å²) in [5.41, 5.74) is 4.78. The average Bonchev–Trinajstić information content (AvgIpc) is 2.96. The fraction of sp³-hybridized carbons (Fsp3) is 0.391. The zero-order valence-corrected chi connectivity index (χ0v) is 20.0. The van der Waals surface area contributed by atoms with E-state index in [1.807, 2.05) is 32.9 Å². The molecule has 0 radical (unpaired) electrons. The molecule has 3 aromatic rings. The van der Waals surface area contributed by atoms with Crippen molar-refractivity contribution in [2.24, 2.45) is 0 Å². The van der Waals surface area contributed by atoms with E-state index in [1.165, 1.54) is 0 Å². The molecule has 1 unspecified atom stereocenters. The first-order valence-corrected chi connectivity index (χ1v) is 10.8. The van der Waals surface area contributed by atoms with E-state index in [4.69, 9.17) is 0 Å². The average molecular weight is 473 g/mol. The number of H-pyrrole nitrogens is 1. The third-order valence-electron chi connectivity index (χ3n) is 5.36. The Hall–Kier alpha value is -2.38. The summed E-state index contributed by atoms with van der Waals surface area (Å²) in [6.07, 6.45) is 2.11. The molecule has 0 bridgehead atoms. The highest BCUT2D eigenvalue weighted by Crippen LogP contribution is 2.31. The molecule has 1 aromatic carbocycles. The number of rotatable bonds is 6. The first kappa shape index (κ1) is 22.3. The molecule has 3 rings (SSSR count). The molecule has 7 heteroatoms. The van der Waals surface area contributed by atoms with Gasteiger partial charge in [-0.1, -0.05) is 15.9 Å². The van der Waals surface area contributed by atoms with E-state index in [1.54, 1.807) is 0 Å². The van der Waals surface area contributed by atoms with Gasteiger partial charge in [-0.25, -0.2) is 0 Å². The summed E-state index contributed by atoms with van der Waals surface area (Å²) in [5, 5.41) is 3.88. The highest BCUT2D eigenvalue weighted by Gasteiger charge is 2.19. The first-order chi connectivity index (χ1) is 14.1. The van der Waals surface area contributed by atoms with Gasteiger partial charge in [0.15, 0.2) is 0 Å². The van der Waals surface area contributed by atoms with Crippen LogP contribution in [0, 0.1) is 20.8 Å². The molecule has 0 aliphatic carbocycles. The van der Waals surface area contributed by atoms with Gasteiger partial charge in [-0.05, 0) is 71.1 Å². The number of carbonyl (C=O) groups is 1. The van der Waals surface area contributed by atoms with E-state index in [2.05, 4.69) is 69.0 Å². The number of carbonyl (C=O) groups excluding carboxylic acids is 1. The van der Waals surface area contributed by atoms with Gasteiger partial charge in [0.2, 0.25) is 0 Å². The fourth-order valence-electron chi connectivity index (χ4n) is 4.08. The van der Waals surface area contributed by atoms with Crippen LogP contribution in [0.25, 0.3) is 10.9 Å². The molecule has 6 nitrogen and oxygen atoms in total. The van der Waals surface area contributed by atoms with Crippen molar-refractivity contribution in [2.75, 3.05) is 20.6 Å². The van der Waals surface area contributed by atoms with Crippen LogP contribution in [-0.2, 0) is 6.54 Å². The number of pyridine rings is 1. The second kappa shape index (κ2) is 8.78. The minimum Gasteiger partial charge on any atom is -0.348 e.